The molecule has 0 saturated carbocycles. The van der Waals surface area contributed by atoms with Crippen LogP contribution in [0.25, 0.3) is 0 Å². The number of aryl methyl sites for hydroxylation is 1. The van der Waals surface area contributed by atoms with Crippen molar-refractivity contribution in [3.05, 3.63) is 65.2 Å². The Balaban J connectivity index is 1.73. The molecule has 1 aliphatic rings. The minimum absolute atomic E-state index is 0.0179. The van der Waals surface area contributed by atoms with E-state index in [9.17, 15) is 8.42 Å². The molecule has 5 nitrogen and oxygen atoms in total. The second-order valence-electron chi connectivity index (χ2n) is 6.24. The van der Waals surface area contributed by atoms with Gasteiger partial charge in [0.15, 0.2) is 0 Å². The minimum Gasteiger partial charge on any atom is -0.497 e. The van der Waals surface area contributed by atoms with Crippen molar-refractivity contribution in [3.63, 3.8) is 0 Å². The molecule has 134 valence electrons. The minimum atomic E-state index is -3.38. The third-order valence-electron chi connectivity index (χ3n) is 4.34. The maximum atomic E-state index is 12.8. The number of morpholine rings is 1. The van der Waals surface area contributed by atoms with Gasteiger partial charge in [-0.15, -0.1) is 0 Å². The zero-order valence-electron chi connectivity index (χ0n) is 14.5. The van der Waals surface area contributed by atoms with Crippen LogP contribution >= 0.6 is 0 Å². The van der Waals surface area contributed by atoms with Crippen LogP contribution in [0.3, 0.4) is 0 Å². The highest BCUT2D eigenvalue weighted by Crippen LogP contribution is 2.26. The van der Waals surface area contributed by atoms with Crippen LogP contribution in [-0.4, -0.2) is 39.5 Å². The molecule has 0 aromatic heterocycles. The smallest absolute Gasteiger partial charge is 0.218 e. The van der Waals surface area contributed by atoms with Gasteiger partial charge in [-0.05, 0) is 30.2 Å². The second-order valence-corrected chi connectivity index (χ2v) is 8.20. The molecule has 0 N–H and O–H groups in total. The first-order valence-electron chi connectivity index (χ1n) is 8.27. The van der Waals surface area contributed by atoms with E-state index in [4.69, 9.17) is 9.47 Å². The molecule has 0 radical (unpaired) electrons. The highest BCUT2D eigenvalue weighted by molar-refractivity contribution is 7.88. The first-order valence-corrected chi connectivity index (χ1v) is 9.88. The van der Waals surface area contributed by atoms with Crippen molar-refractivity contribution >= 4 is 10.0 Å². The van der Waals surface area contributed by atoms with Gasteiger partial charge in [0.05, 0.1) is 25.6 Å². The van der Waals surface area contributed by atoms with E-state index < -0.39 is 10.0 Å². The van der Waals surface area contributed by atoms with Crippen molar-refractivity contribution in [3.8, 4) is 5.75 Å². The first kappa shape index (κ1) is 17.9. The maximum Gasteiger partial charge on any atom is 0.218 e. The summed E-state index contributed by atoms with van der Waals surface area (Å²) in [5.74, 6) is 0.785. The summed E-state index contributed by atoms with van der Waals surface area (Å²) in [7, 11) is -1.76. The molecule has 0 spiro atoms. The lowest BCUT2D eigenvalue weighted by molar-refractivity contribution is -0.00262. The average molecular weight is 361 g/mol. The van der Waals surface area contributed by atoms with Gasteiger partial charge in [0.2, 0.25) is 10.0 Å². The summed E-state index contributed by atoms with van der Waals surface area (Å²) in [5, 5.41) is 0. The number of methoxy groups -OCH3 is 1. The fourth-order valence-corrected chi connectivity index (χ4v) is 4.50. The van der Waals surface area contributed by atoms with E-state index in [0.29, 0.717) is 19.7 Å². The van der Waals surface area contributed by atoms with Crippen LogP contribution in [-0.2, 0) is 20.5 Å². The van der Waals surface area contributed by atoms with E-state index in [-0.39, 0.29) is 11.9 Å². The molecule has 0 aliphatic carbocycles. The van der Waals surface area contributed by atoms with Crippen molar-refractivity contribution in [2.45, 2.75) is 18.8 Å². The maximum absolute atomic E-state index is 12.8. The van der Waals surface area contributed by atoms with Gasteiger partial charge in [-0.1, -0.05) is 42.0 Å². The highest BCUT2D eigenvalue weighted by Gasteiger charge is 2.30. The van der Waals surface area contributed by atoms with Gasteiger partial charge < -0.3 is 9.47 Å². The SMILES string of the molecule is COc1ccc(C2CN(S(=O)(=O)Cc3cccc(C)c3)CCO2)cc1. The third kappa shape index (κ3) is 4.39. The van der Waals surface area contributed by atoms with Crippen LogP contribution < -0.4 is 4.74 Å². The van der Waals surface area contributed by atoms with Gasteiger partial charge >= 0.3 is 0 Å². The predicted octanol–water partition coefficient (Wildman–Crippen LogP) is 2.91. The number of nitrogens with zero attached hydrogens (tertiary/aromatic N) is 1. The Labute approximate surface area is 149 Å². The van der Waals surface area contributed by atoms with Gasteiger partial charge in [0.1, 0.15) is 5.75 Å². The van der Waals surface area contributed by atoms with Crippen molar-refractivity contribution in [1.82, 2.24) is 4.31 Å². The summed E-state index contributed by atoms with van der Waals surface area (Å²) < 4.78 is 38.1. The zero-order chi connectivity index (χ0) is 17.9. The van der Waals surface area contributed by atoms with Crippen LogP contribution in [0.2, 0.25) is 0 Å². The Bertz CT molecular complexity index is 818. The van der Waals surface area contributed by atoms with E-state index in [1.54, 1.807) is 7.11 Å². The number of hydrogen-bond donors (Lipinski definition) is 0. The number of benzene rings is 2. The summed E-state index contributed by atoms with van der Waals surface area (Å²) >= 11 is 0. The Kier molecular flexibility index (Phi) is 5.42. The summed E-state index contributed by atoms with van der Waals surface area (Å²) in [6.07, 6.45) is -0.257. The molecule has 25 heavy (non-hydrogen) atoms. The van der Waals surface area contributed by atoms with Crippen molar-refractivity contribution in [1.29, 1.82) is 0 Å². The normalized spacial score (nSPS) is 18.9. The van der Waals surface area contributed by atoms with Crippen LogP contribution in [0.1, 0.15) is 22.8 Å². The topological polar surface area (TPSA) is 55.8 Å². The van der Waals surface area contributed by atoms with Gasteiger partial charge in [0.25, 0.3) is 0 Å². The van der Waals surface area contributed by atoms with Gasteiger partial charge in [-0.3, -0.25) is 0 Å². The second kappa shape index (κ2) is 7.56. The van der Waals surface area contributed by atoms with E-state index in [1.807, 2.05) is 55.5 Å². The van der Waals surface area contributed by atoms with E-state index in [1.165, 1.54) is 4.31 Å². The van der Waals surface area contributed by atoms with Crippen LogP contribution in [0.5, 0.6) is 5.75 Å². The van der Waals surface area contributed by atoms with Crippen LogP contribution in [0, 0.1) is 6.92 Å². The number of hydrogen-bond acceptors (Lipinski definition) is 4. The summed E-state index contributed by atoms with van der Waals surface area (Å²) in [5.41, 5.74) is 2.83. The fourth-order valence-electron chi connectivity index (χ4n) is 3.00. The standard InChI is InChI=1S/C19H23NO4S/c1-15-4-3-5-16(12-15)14-25(21,22)20-10-11-24-19(13-20)17-6-8-18(23-2)9-7-17/h3-9,12,19H,10-11,13-14H2,1-2H3. The lowest BCUT2D eigenvalue weighted by Gasteiger charge is -2.32. The molecule has 2 aromatic carbocycles. The molecule has 1 saturated heterocycles. The van der Waals surface area contributed by atoms with Crippen molar-refractivity contribution in [2.75, 3.05) is 26.8 Å². The quantitative estimate of drug-likeness (QED) is 0.822. The lowest BCUT2D eigenvalue weighted by atomic mass is 10.1. The first-order chi connectivity index (χ1) is 12.0. The molecule has 1 fully saturated rings. The monoisotopic (exact) mass is 361 g/mol. The fraction of sp³-hybridized carbons (Fsp3) is 0.368. The summed E-state index contributed by atoms with van der Waals surface area (Å²) in [6.45, 7) is 3.08. The molecule has 1 unspecified atom stereocenters. The summed E-state index contributed by atoms with van der Waals surface area (Å²) in [6, 6.07) is 15.2. The van der Waals surface area contributed by atoms with Gasteiger partial charge in [0, 0.05) is 13.1 Å². The predicted molar refractivity (Wildman–Crippen MR) is 97.1 cm³/mol. The lowest BCUT2D eigenvalue weighted by Crippen LogP contribution is -2.42. The van der Waals surface area contributed by atoms with Gasteiger partial charge in [-0.2, -0.15) is 4.31 Å². The zero-order valence-corrected chi connectivity index (χ0v) is 15.3. The Morgan fingerprint density at radius 2 is 1.96 bits per heavy atom. The molecule has 0 bridgehead atoms. The Morgan fingerprint density at radius 3 is 2.64 bits per heavy atom. The largest absolute Gasteiger partial charge is 0.497 e. The van der Waals surface area contributed by atoms with E-state index in [0.717, 1.165) is 22.4 Å². The Morgan fingerprint density at radius 1 is 1.20 bits per heavy atom. The average Bonchev–Trinajstić information content (AvgIpc) is 2.61. The van der Waals surface area contributed by atoms with E-state index >= 15 is 0 Å². The molecule has 6 heteroatoms. The molecule has 2 aromatic rings. The number of ether oxygens (including phenoxy) is 2. The highest BCUT2D eigenvalue weighted by atomic mass is 32.2. The van der Waals surface area contributed by atoms with Crippen molar-refractivity contribution in [2.24, 2.45) is 0 Å². The molecular weight excluding hydrogens is 338 g/mol. The third-order valence-corrected chi connectivity index (χ3v) is 6.16. The van der Waals surface area contributed by atoms with Crippen LogP contribution in [0.4, 0.5) is 0 Å². The molecule has 1 aliphatic heterocycles. The molecule has 1 atom stereocenters. The number of sulfonamides is 1. The number of rotatable bonds is 5. The van der Waals surface area contributed by atoms with Crippen molar-refractivity contribution < 1.29 is 17.9 Å². The molecular formula is C19H23NO4S. The van der Waals surface area contributed by atoms with E-state index in [2.05, 4.69) is 0 Å². The molecule has 3 rings (SSSR count). The molecule has 0 amide bonds. The van der Waals surface area contributed by atoms with Crippen LogP contribution in [0.15, 0.2) is 48.5 Å². The Hall–Kier alpha value is -1.89. The molecule has 1 heterocycles. The van der Waals surface area contributed by atoms with Gasteiger partial charge in [-0.25, -0.2) is 8.42 Å². The summed E-state index contributed by atoms with van der Waals surface area (Å²) in [4.78, 5) is 0.